The van der Waals surface area contributed by atoms with Crippen molar-refractivity contribution < 1.29 is 9.72 Å². The summed E-state index contributed by atoms with van der Waals surface area (Å²) in [4.78, 5) is 23.0. The fourth-order valence-corrected chi connectivity index (χ4v) is 4.19. The standard InChI is InChI=1S/C24H19BrN6O3S/c1-16(18-6-5-9-21(14-18)31(33)34)26-27-22(32)15-35-24-29-28-23(17-10-12-19(25)13-11-17)30(24)20-7-3-2-4-8-20/h2-14H,15H2,1H3,(H,27,32)/b26-16-. The molecule has 1 aromatic heterocycles. The first-order valence-electron chi connectivity index (χ1n) is 10.4. The quantitative estimate of drug-likeness (QED) is 0.139. The van der Waals surface area contributed by atoms with Crippen LogP contribution in [-0.2, 0) is 4.79 Å². The van der Waals surface area contributed by atoms with Crippen LogP contribution >= 0.6 is 27.7 Å². The second kappa shape index (κ2) is 11.1. The van der Waals surface area contributed by atoms with E-state index >= 15 is 0 Å². The molecular weight excluding hydrogens is 532 g/mol. The van der Waals surface area contributed by atoms with Gasteiger partial charge in [0.1, 0.15) is 0 Å². The summed E-state index contributed by atoms with van der Waals surface area (Å²) < 4.78 is 2.86. The summed E-state index contributed by atoms with van der Waals surface area (Å²) in [6.45, 7) is 1.67. The number of nitro benzene ring substituents is 1. The molecule has 1 amide bonds. The fourth-order valence-electron chi connectivity index (χ4n) is 3.18. The van der Waals surface area contributed by atoms with E-state index in [2.05, 4.69) is 36.7 Å². The van der Waals surface area contributed by atoms with Crippen LogP contribution in [0.15, 0.2) is 93.6 Å². The number of nitro groups is 1. The molecule has 0 saturated carbocycles. The zero-order chi connectivity index (χ0) is 24.8. The predicted octanol–water partition coefficient (Wildman–Crippen LogP) is 5.24. The number of carbonyl (C=O) groups is 1. The number of benzene rings is 3. The third kappa shape index (κ3) is 6.00. The van der Waals surface area contributed by atoms with Crippen molar-refractivity contribution in [3.63, 3.8) is 0 Å². The first kappa shape index (κ1) is 24.3. The van der Waals surface area contributed by atoms with E-state index in [0.29, 0.717) is 22.3 Å². The van der Waals surface area contributed by atoms with Crippen molar-refractivity contribution in [2.45, 2.75) is 12.1 Å². The van der Waals surface area contributed by atoms with Crippen LogP contribution in [0.1, 0.15) is 12.5 Å². The largest absolute Gasteiger partial charge is 0.272 e. The van der Waals surface area contributed by atoms with E-state index in [0.717, 1.165) is 15.7 Å². The summed E-state index contributed by atoms with van der Waals surface area (Å²) >= 11 is 4.68. The van der Waals surface area contributed by atoms with E-state index in [1.165, 1.54) is 23.9 Å². The molecule has 0 unspecified atom stereocenters. The molecule has 0 aliphatic heterocycles. The lowest BCUT2D eigenvalue weighted by Gasteiger charge is -2.10. The van der Waals surface area contributed by atoms with Crippen LogP contribution in [-0.4, -0.2) is 37.1 Å². The Labute approximate surface area is 213 Å². The number of nitrogens with zero attached hydrogens (tertiary/aromatic N) is 5. The van der Waals surface area contributed by atoms with E-state index in [1.54, 1.807) is 19.1 Å². The average Bonchev–Trinajstić information content (AvgIpc) is 3.31. The Morgan fingerprint density at radius 2 is 1.83 bits per heavy atom. The Bertz CT molecular complexity index is 1390. The number of aromatic nitrogens is 3. The Morgan fingerprint density at radius 1 is 1.09 bits per heavy atom. The number of hydrogen-bond donors (Lipinski definition) is 1. The van der Waals surface area contributed by atoms with Crippen LogP contribution in [0.3, 0.4) is 0 Å². The predicted molar refractivity (Wildman–Crippen MR) is 139 cm³/mol. The fraction of sp³-hybridized carbons (Fsp3) is 0.0833. The number of halogens is 1. The van der Waals surface area contributed by atoms with Gasteiger partial charge in [-0.1, -0.05) is 70.2 Å². The monoisotopic (exact) mass is 550 g/mol. The number of para-hydroxylation sites is 1. The molecule has 0 aliphatic carbocycles. The highest BCUT2D eigenvalue weighted by Gasteiger charge is 2.17. The van der Waals surface area contributed by atoms with Gasteiger partial charge in [-0.15, -0.1) is 10.2 Å². The van der Waals surface area contributed by atoms with Gasteiger partial charge in [-0.25, -0.2) is 5.43 Å². The molecule has 4 aromatic rings. The molecule has 0 radical (unpaired) electrons. The van der Waals surface area contributed by atoms with E-state index in [1.807, 2.05) is 59.2 Å². The van der Waals surface area contributed by atoms with Gasteiger partial charge in [0.05, 0.1) is 16.4 Å². The Morgan fingerprint density at radius 3 is 2.54 bits per heavy atom. The third-order valence-electron chi connectivity index (χ3n) is 4.91. The van der Waals surface area contributed by atoms with Gasteiger partial charge < -0.3 is 0 Å². The van der Waals surface area contributed by atoms with Gasteiger partial charge in [0.2, 0.25) is 0 Å². The van der Waals surface area contributed by atoms with Crippen LogP contribution < -0.4 is 5.43 Å². The molecule has 9 nitrogen and oxygen atoms in total. The van der Waals surface area contributed by atoms with E-state index < -0.39 is 4.92 Å². The SMILES string of the molecule is C/C(=N/NC(=O)CSc1nnc(-c2ccc(Br)cc2)n1-c1ccccc1)c1cccc([N+](=O)[O-])c1. The molecular formula is C24H19BrN6O3S. The summed E-state index contributed by atoms with van der Waals surface area (Å²) in [5.41, 5.74) is 5.23. The van der Waals surface area contributed by atoms with Crippen LogP contribution in [0, 0.1) is 10.1 Å². The molecule has 0 bridgehead atoms. The van der Waals surface area contributed by atoms with E-state index in [9.17, 15) is 14.9 Å². The van der Waals surface area contributed by atoms with Gasteiger partial charge in [0.25, 0.3) is 11.6 Å². The van der Waals surface area contributed by atoms with Gasteiger partial charge in [-0.3, -0.25) is 19.5 Å². The van der Waals surface area contributed by atoms with Gasteiger partial charge in [0, 0.05) is 33.4 Å². The van der Waals surface area contributed by atoms with Crippen LogP contribution in [0.2, 0.25) is 0 Å². The summed E-state index contributed by atoms with van der Waals surface area (Å²) in [7, 11) is 0. The normalized spacial score (nSPS) is 11.3. The second-order valence-corrected chi connectivity index (χ2v) is 9.17. The molecule has 0 saturated heterocycles. The maximum absolute atomic E-state index is 12.5. The van der Waals surface area contributed by atoms with Crippen molar-refractivity contribution in [3.8, 4) is 17.1 Å². The first-order chi connectivity index (χ1) is 16.9. The van der Waals surface area contributed by atoms with Crippen LogP contribution in [0.25, 0.3) is 17.1 Å². The lowest BCUT2D eigenvalue weighted by atomic mass is 10.1. The molecule has 0 spiro atoms. The highest BCUT2D eigenvalue weighted by Crippen LogP contribution is 2.28. The van der Waals surface area contributed by atoms with Crippen LogP contribution in [0.4, 0.5) is 5.69 Å². The number of amides is 1. The van der Waals surface area contributed by atoms with Gasteiger partial charge in [-0.05, 0) is 31.2 Å². The first-order valence-corrected chi connectivity index (χ1v) is 12.2. The number of hydrogen-bond acceptors (Lipinski definition) is 7. The zero-order valence-electron chi connectivity index (χ0n) is 18.5. The minimum atomic E-state index is -0.475. The Kier molecular flexibility index (Phi) is 7.68. The third-order valence-corrected chi connectivity index (χ3v) is 6.36. The minimum Gasteiger partial charge on any atom is -0.272 e. The summed E-state index contributed by atoms with van der Waals surface area (Å²) in [6.07, 6.45) is 0. The lowest BCUT2D eigenvalue weighted by molar-refractivity contribution is -0.384. The lowest BCUT2D eigenvalue weighted by Crippen LogP contribution is -2.21. The maximum atomic E-state index is 12.5. The summed E-state index contributed by atoms with van der Waals surface area (Å²) in [5.74, 6) is 0.371. The highest BCUT2D eigenvalue weighted by atomic mass is 79.9. The number of non-ortho nitro benzene ring substituents is 1. The van der Waals surface area contributed by atoms with Crippen molar-refractivity contribution >= 4 is 45.0 Å². The number of hydrazone groups is 1. The minimum absolute atomic E-state index is 0.0410. The number of nitrogens with one attached hydrogen (secondary N) is 1. The maximum Gasteiger partial charge on any atom is 0.270 e. The van der Waals surface area contributed by atoms with Crippen molar-refractivity contribution in [1.29, 1.82) is 0 Å². The molecule has 35 heavy (non-hydrogen) atoms. The summed E-state index contributed by atoms with van der Waals surface area (Å²) in [6, 6.07) is 23.5. The Hall–Kier alpha value is -3.83. The molecule has 1 N–H and O–H groups in total. The average molecular weight is 551 g/mol. The Balaban J connectivity index is 1.50. The van der Waals surface area contributed by atoms with Crippen molar-refractivity contribution in [3.05, 3.63) is 99.0 Å². The smallest absolute Gasteiger partial charge is 0.270 e. The molecule has 0 aliphatic rings. The number of rotatable bonds is 8. The van der Waals surface area contributed by atoms with Crippen LogP contribution in [0.5, 0.6) is 0 Å². The molecule has 0 fully saturated rings. The van der Waals surface area contributed by atoms with Crippen molar-refractivity contribution in [2.24, 2.45) is 5.10 Å². The van der Waals surface area contributed by atoms with E-state index in [-0.39, 0.29) is 17.3 Å². The van der Waals surface area contributed by atoms with Crippen molar-refractivity contribution in [1.82, 2.24) is 20.2 Å². The molecule has 0 atom stereocenters. The summed E-state index contributed by atoms with van der Waals surface area (Å²) in [5, 5.41) is 24.3. The van der Waals surface area contributed by atoms with Crippen molar-refractivity contribution in [2.75, 3.05) is 5.75 Å². The highest BCUT2D eigenvalue weighted by molar-refractivity contribution is 9.10. The zero-order valence-corrected chi connectivity index (χ0v) is 20.9. The number of carbonyl (C=O) groups excluding carboxylic acids is 1. The number of thioether (sulfide) groups is 1. The van der Waals surface area contributed by atoms with Gasteiger partial charge in [-0.2, -0.15) is 5.10 Å². The molecule has 3 aromatic carbocycles. The second-order valence-electron chi connectivity index (χ2n) is 7.31. The van der Waals surface area contributed by atoms with E-state index in [4.69, 9.17) is 0 Å². The topological polar surface area (TPSA) is 115 Å². The molecule has 11 heteroatoms. The molecule has 4 rings (SSSR count). The molecule has 176 valence electrons. The van der Waals surface area contributed by atoms with Gasteiger partial charge >= 0.3 is 0 Å². The molecule has 1 heterocycles. The van der Waals surface area contributed by atoms with Gasteiger partial charge in [0.15, 0.2) is 11.0 Å².